The van der Waals surface area contributed by atoms with Crippen LogP contribution >= 0.6 is 0 Å². The summed E-state index contributed by atoms with van der Waals surface area (Å²) in [6.45, 7) is 0. The molecule has 34 heavy (non-hydrogen) atoms. The number of H-pyrrole nitrogens is 1. The van der Waals surface area contributed by atoms with Crippen LogP contribution in [0.4, 0.5) is 22.0 Å². The number of carbonyl (C=O) groups excluding carboxylic acids is 1. The van der Waals surface area contributed by atoms with Gasteiger partial charge >= 0.3 is 6.18 Å². The Morgan fingerprint density at radius 3 is 2.41 bits per heavy atom. The number of aromatic amines is 1. The molecule has 4 aromatic rings. The zero-order valence-electron chi connectivity index (χ0n) is 17.5. The van der Waals surface area contributed by atoms with Gasteiger partial charge in [0, 0.05) is 35.7 Å². The summed E-state index contributed by atoms with van der Waals surface area (Å²) in [5.41, 5.74) is 0.675. The van der Waals surface area contributed by atoms with Gasteiger partial charge in [0.2, 0.25) is 0 Å². The second-order valence-corrected chi connectivity index (χ2v) is 8.94. The second kappa shape index (κ2) is 7.22. The van der Waals surface area contributed by atoms with Gasteiger partial charge in [0.15, 0.2) is 0 Å². The predicted octanol–water partition coefficient (Wildman–Crippen LogP) is 5.52. The van der Waals surface area contributed by atoms with Crippen molar-refractivity contribution in [1.82, 2.24) is 19.7 Å². The third-order valence-corrected chi connectivity index (χ3v) is 6.89. The minimum absolute atomic E-state index is 0.0452. The van der Waals surface area contributed by atoms with E-state index in [-0.39, 0.29) is 23.0 Å². The van der Waals surface area contributed by atoms with Crippen LogP contribution in [0.15, 0.2) is 49.1 Å². The number of hydrogen-bond donors (Lipinski definition) is 1. The van der Waals surface area contributed by atoms with Crippen LogP contribution in [0.2, 0.25) is 0 Å². The Morgan fingerprint density at radius 1 is 1.03 bits per heavy atom. The van der Waals surface area contributed by atoms with E-state index in [0.29, 0.717) is 23.5 Å². The van der Waals surface area contributed by atoms with Crippen LogP contribution in [0, 0.1) is 23.5 Å². The van der Waals surface area contributed by atoms with E-state index in [9.17, 15) is 18.0 Å². The van der Waals surface area contributed by atoms with E-state index in [2.05, 4.69) is 15.1 Å². The molecule has 0 bridgehead atoms. The summed E-state index contributed by atoms with van der Waals surface area (Å²) in [5, 5.41) is 3.60. The number of nitrogens with one attached hydrogen (secondary N) is 1. The highest BCUT2D eigenvalue weighted by Crippen LogP contribution is 2.59. The molecule has 2 saturated carbocycles. The van der Waals surface area contributed by atoms with Crippen LogP contribution in [0.5, 0.6) is 0 Å². The van der Waals surface area contributed by atoms with E-state index in [0.717, 1.165) is 35.2 Å². The minimum Gasteiger partial charge on any atom is -0.345 e. The van der Waals surface area contributed by atoms with Crippen molar-refractivity contribution in [2.75, 3.05) is 0 Å². The van der Waals surface area contributed by atoms with Crippen molar-refractivity contribution in [2.24, 2.45) is 11.8 Å². The fourth-order valence-electron chi connectivity index (χ4n) is 5.13. The Bertz CT molecular complexity index is 1410. The first kappa shape index (κ1) is 21.0. The fraction of sp³-hybridized carbons (Fsp3) is 0.292. The van der Waals surface area contributed by atoms with Crippen molar-refractivity contribution >= 4 is 16.8 Å². The lowest BCUT2D eigenvalue weighted by Gasteiger charge is -2.44. The van der Waals surface area contributed by atoms with E-state index in [1.807, 2.05) is 0 Å². The van der Waals surface area contributed by atoms with Crippen LogP contribution in [0.3, 0.4) is 0 Å². The quantitative estimate of drug-likeness (QED) is 0.398. The molecule has 1 N–H and O–H groups in total. The number of fused-ring (bicyclic) bond motifs is 1. The average Bonchev–Trinajstić information content (AvgIpc) is 3.26. The first-order valence-corrected chi connectivity index (χ1v) is 10.8. The van der Waals surface area contributed by atoms with Gasteiger partial charge in [0.25, 0.3) is 0 Å². The summed E-state index contributed by atoms with van der Waals surface area (Å²) in [4.78, 5) is 20.3. The van der Waals surface area contributed by atoms with E-state index >= 15 is 8.78 Å². The van der Waals surface area contributed by atoms with Crippen molar-refractivity contribution < 1.29 is 26.7 Å². The van der Waals surface area contributed by atoms with E-state index < -0.39 is 41.1 Å². The maximum absolute atomic E-state index is 15.4. The molecule has 5 nitrogen and oxygen atoms in total. The Morgan fingerprint density at radius 2 is 1.76 bits per heavy atom. The Balaban J connectivity index is 1.41. The van der Waals surface area contributed by atoms with Gasteiger partial charge in [-0.15, -0.1) is 0 Å². The average molecular weight is 472 g/mol. The number of aromatic nitrogens is 4. The molecule has 0 spiro atoms. The lowest BCUT2D eigenvalue weighted by Crippen LogP contribution is -2.46. The highest BCUT2D eigenvalue weighted by Gasteiger charge is 2.57. The molecule has 2 aromatic carbocycles. The maximum atomic E-state index is 15.4. The normalized spacial score (nSPS) is 22.9. The molecule has 0 saturated heterocycles. The number of nitrogens with zero attached hydrogens (tertiary/aromatic N) is 3. The lowest BCUT2D eigenvalue weighted by atomic mass is 9.56. The SMILES string of the molecule is O=C1C(c2ccc3nc[nH]c3c2)[C@@H](c2c(F)cc(-n3cc(C(F)(F)F)cn3)cc2F)C1C1CC1. The molecule has 2 aliphatic rings. The van der Waals surface area contributed by atoms with Crippen LogP contribution in [-0.4, -0.2) is 25.5 Å². The zero-order chi connectivity index (χ0) is 23.8. The van der Waals surface area contributed by atoms with Crippen LogP contribution in [-0.2, 0) is 11.0 Å². The smallest absolute Gasteiger partial charge is 0.345 e. The van der Waals surface area contributed by atoms with Gasteiger partial charge in [-0.2, -0.15) is 18.3 Å². The van der Waals surface area contributed by atoms with E-state index in [1.54, 1.807) is 18.2 Å². The van der Waals surface area contributed by atoms with Gasteiger partial charge in [-0.3, -0.25) is 4.79 Å². The molecule has 2 unspecified atom stereocenters. The standard InChI is InChI=1S/C24H17F5N4O/c25-15-6-14(33-9-13(8-32-33)24(27,28)29)7-16(26)21(15)22-19(11-1-2-11)23(34)20(22)12-3-4-17-18(5-12)31-10-30-17/h3-11,19-20,22H,1-2H2,(H,30,31)/t19?,20?,22-/m0/s1. The second-order valence-electron chi connectivity index (χ2n) is 8.94. The molecule has 2 aromatic heterocycles. The highest BCUT2D eigenvalue weighted by atomic mass is 19.4. The van der Waals surface area contributed by atoms with Crippen LogP contribution in [0.25, 0.3) is 16.7 Å². The lowest BCUT2D eigenvalue weighted by molar-refractivity contribution is -0.137. The third kappa shape index (κ3) is 3.23. The predicted molar refractivity (Wildman–Crippen MR) is 111 cm³/mol. The molecule has 3 atom stereocenters. The zero-order valence-corrected chi connectivity index (χ0v) is 17.5. The van der Waals surface area contributed by atoms with Crippen molar-refractivity contribution in [3.8, 4) is 5.69 Å². The van der Waals surface area contributed by atoms with Gasteiger partial charge in [-0.05, 0) is 36.5 Å². The Labute approximate surface area is 189 Å². The third-order valence-electron chi connectivity index (χ3n) is 6.89. The Hall–Kier alpha value is -3.56. The van der Waals surface area contributed by atoms with Gasteiger partial charge in [-0.25, -0.2) is 18.4 Å². The first-order chi connectivity index (χ1) is 16.2. The number of Topliss-reactive ketones (excluding diaryl/α,β-unsaturated/α-hetero) is 1. The Kier molecular flexibility index (Phi) is 4.46. The number of hydrogen-bond acceptors (Lipinski definition) is 3. The summed E-state index contributed by atoms with van der Waals surface area (Å²) in [6.07, 6.45) is -0.168. The molecule has 0 amide bonds. The largest absolute Gasteiger partial charge is 0.419 e. The summed E-state index contributed by atoms with van der Waals surface area (Å²) in [7, 11) is 0. The molecule has 2 fully saturated rings. The van der Waals surface area contributed by atoms with Crippen molar-refractivity contribution in [2.45, 2.75) is 30.9 Å². The summed E-state index contributed by atoms with van der Waals surface area (Å²) < 4.78 is 70.2. The van der Waals surface area contributed by atoms with Crippen molar-refractivity contribution in [3.05, 3.63) is 77.4 Å². The van der Waals surface area contributed by atoms with Gasteiger partial charge in [-0.1, -0.05) is 6.07 Å². The van der Waals surface area contributed by atoms with Crippen molar-refractivity contribution in [3.63, 3.8) is 0 Å². The molecule has 10 heteroatoms. The maximum Gasteiger partial charge on any atom is 0.419 e. The number of imidazole rings is 1. The van der Waals surface area contributed by atoms with Crippen molar-refractivity contribution in [1.29, 1.82) is 0 Å². The van der Waals surface area contributed by atoms with Gasteiger partial charge in [0.05, 0.1) is 40.7 Å². The molecule has 0 aliphatic heterocycles. The number of halogens is 5. The minimum atomic E-state index is -4.62. The summed E-state index contributed by atoms with van der Waals surface area (Å²) in [6, 6.07) is 7.20. The molecule has 174 valence electrons. The number of benzene rings is 2. The number of alkyl halides is 3. The topological polar surface area (TPSA) is 63.6 Å². The van der Waals surface area contributed by atoms with Crippen LogP contribution in [0.1, 0.15) is 41.4 Å². The molecular weight excluding hydrogens is 455 g/mol. The highest BCUT2D eigenvalue weighted by molar-refractivity contribution is 5.98. The number of ketones is 1. The first-order valence-electron chi connectivity index (χ1n) is 10.8. The molecule has 0 radical (unpaired) electrons. The monoisotopic (exact) mass is 472 g/mol. The van der Waals surface area contributed by atoms with E-state index in [1.165, 1.54) is 6.33 Å². The molecule has 2 aliphatic carbocycles. The molecule has 6 rings (SSSR count). The van der Waals surface area contributed by atoms with Gasteiger partial charge in [0.1, 0.15) is 17.4 Å². The fourth-order valence-corrected chi connectivity index (χ4v) is 5.13. The number of carbonyl (C=O) groups is 1. The van der Waals surface area contributed by atoms with Gasteiger partial charge < -0.3 is 4.98 Å². The van der Waals surface area contributed by atoms with E-state index in [4.69, 9.17) is 0 Å². The summed E-state index contributed by atoms with van der Waals surface area (Å²) >= 11 is 0. The summed E-state index contributed by atoms with van der Waals surface area (Å²) in [5.74, 6) is -3.67. The number of rotatable bonds is 4. The molecule has 2 heterocycles. The molecular formula is C24H17F5N4O. The van der Waals surface area contributed by atoms with Crippen LogP contribution < -0.4 is 0 Å².